The Balaban J connectivity index is 1.81. The van der Waals surface area contributed by atoms with E-state index < -0.39 is 20.9 Å². The molecule has 1 aliphatic heterocycles. The summed E-state index contributed by atoms with van der Waals surface area (Å²) < 4.78 is 27.2. The molecule has 1 heterocycles. The van der Waals surface area contributed by atoms with Crippen molar-refractivity contribution in [1.82, 2.24) is 9.21 Å². The van der Waals surface area contributed by atoms with Gasteiger partial charge in [-0.2, -0.15) is 4.31 Å². The quantitative estimate of drug-likeness (QED) is 0.588. The van der Waals surface area contributed by atoms with Crippen LogP contribution in [0.5, 0.6) is 0 Å². The molecule has 154 valence electrons. The molecule has 9 nitrogen and oxygen atoms in total. The number of amides is 1. The molecule has 1 N–H and O–H groups in total. The minimum absolute atomic E-state index is 0.0459. The van der Waals surface area contributed by atoms with E-state index in [2.05, 4.69) is 10.2 Å². The molecule has 1 aliphatic rings. The molecular formula is C19H22N4O5S. The zero-order valence-corrected chi connectivity index (χ0v) is 17.0. The van der Waals surface area contributed by atoms with E-state index in [0.717, 1.165) is 0 Å². The molecule has 29 heavy (non-hydrogen) atoms. The molecule has 1 amide bonds. The topological polar surface area (TPSA) is 113 Å². The van der Waals surface area contributed by atoms with Gasteiger partial charge in [-0.1, -0.05) is 12.1 Å². The highest BCUT2D eigenvalue weighted by molar-refractivity contribution is 7.89. The first-order chi connectivity index (χ1) is 13.7. The lowest BCUT2D eigenvalue weighted by Crippen LogP contribution is -2.47. The van der Waals surface area contributed by atoms with Crippen molar-refractivity contribution >= 4 is 27.3 Å². The van der Waals surface area contributed by atoms with Crippen molar-refractivity contribution in [3.05, 3.63) is 63.7 Å². The largest absolute Gasteiger partial charge is 0.322 e. The third kappa shape index (κ3) is 4.61. The van der Waals surface area contributed by atoms with Crippen LogP contribution in [0.2, 0.25) is 0 Å². The number of hydrogen-bond donors (Lipinski definition) is 1. The zero-order chi connectivity index (χ0) is 21.2. The minimum Gasteiger partial charge on any atom is -0.322 e. The van der Waals surface area contributed by atoms with Gasteiger partial charge >= 0.3 is 0 Å². The summed E-state index contributed by atoms with van der Waals surface area (Å²) >= 11 is 0. The number of piperazine rings is 1. The Bertz CT molecular complexity index is 1050. The molecule has 10 heteroatoms. The highest BCUT2D eigenvalue weighted by atomic mass is 32.2. The molecule has 0 unspecified atom stereocenters. The first-order valence-electron chi connectivity index (χ1n) is 9.03. The molecule has 0 aromatic heterocycles. The van der Waals surface area contributed by atoms with Gasteiger partial charge < -0.3 is 10.2 Å². The van der Waals surface area contributed by atoms with Gasteiger partial charge in [-0.05, 0) is 38.2 Å². The lowest BCUT2D eigenvalue weighted by atomic mass is 10.1. The summed E-state index contributed by atoms with van der Waals surface area (Å²) in [6.45, 7) is 3.68. The fourth-order valence-electron chi connectivity index (χ4n) is 3.06. The van der Waals surface area contributed by atoms with Crippen LogP contribution in [-0.4, -0.2) is 61.7 Å². The predicted octanol–water partition coefficient (Wildman–Crippen LogP) is 2.09. The second-order valence-electron chi connectivity index (χ2n) is 6.95. The number of nitro benzene ring substituents is 1. The van der Waals surface area contributed by atoms with Crippen LogP contribution in [0, 0.1) is 17.0 Å². The van der Waals surface area contributed by atoms with Gasteiger partial charge in [-0.25, -0.2) is 8.42 Å². The molecule has 3 rings (SSSR count). The molecule has 0 saturated carbocycles. The van der Waals surface area contributed by atoms with E-state index in [1.807, 2.05) is 7.05 Å². The van der Waals surface area contributed by atoms with E-state index in [1.54, 1.807) is 19.1 Å². The third-order valence-electron chi connectivity index (χ3n) is 4.86. The van der Waals surface area contributed by atoms with Crippen molar-refractivity contribution in [2.75, 3.05) is 38.5 Å². The van der Waals surface area contributed by atoms with E-state index in [-0.39, 0.29) is 21.8 Å². The van der Waals surface area contributed by atoms with Gasteiger partial charge in [0.2, 0.25) is 10.0 Å². The average molecular weight is 418 g/mol. The molecular weight excluding hydrogens is 396 g/mol. The van der Waals surface area contributed by atoms with Crippen LogP contribution in [0.1, 0.15) is 15.9 Å². The van der Waals surface area contributed by atoms with Crippen LogP contribution in [-0.2, 0) is 10.0 Å². The van der Waals surface area contributed by atoms with Crippen molar-refractivity contribution in [1.29, 1.82) is 0 Å². The van der Waals surface area contributed by atoms with Crippen LogP contribution in [0.15, 0.2) is 47.4 Å². The van der Waals surface area contributed by atoms with Crippen LogP contribution in [0.4, 0.5) is 11.4 Å². The summed E-state index contributed by atoms with van der Waals surface area (Å²) in [5.74, 6) is -0.543. The first-order valence-corrected chi connectivity index (χ1v) is 10.5. The molecule has 0 aliphatic carbocycles. The average Bonchev–Trinajstić information content (AvgIpc) is 2.69. The molecule has 2 aromatic carbocycles. The standard InChI is InChI=1S/C19H22N4O5S/c1-14-6-7-16(13-18(14)23(25)26)20-19(24)15-4-3-5-17(12-15)29(27,28)22-10-8-21(2)9-11-22/h3-7,12-13H,8-11H2,1-2H3,(H,20,24). The fourth-order valence-corrected chi connectivity index (χ4v) is 4.53. The number of carbonyl (C=O) groups is 1. The second kappa shape index (κ2) is 8.27. The molecule has 0 radical (unpaired) electrons. The van der Waals surface area contributed by atoms with Crippen molar-refractivity contribution in [2.24, 2.45) is 0 Å². The number of sulfonamides is 1. The Morgan fingerprint density at radius 2 is 1.79 bits per heavy atom. The number of hydrogen-bond acceptors (Lipinski definition) is 6. The Labute approximate surface area is 169 Å². The first kappa shape index (κ1) is 20.9. The summed E-state index contributed by atoms with van der Waals surface area (Å²) in [4.78, 5) is 25.2. The van der Waals surface area contributed by atoms with Gasteiger partial charge in [0, 0.05) is 49.1 Å². The predicted molar refractivity (Wildman–Crippen MR) is 108 cm³/mol. The Morgan fingerprint density at radius 1 is 1.10 bits per heavy atom. The highest BCUT2D eigenvalue weighted by Gasteiger charge is 2.28. The normalized spacial score (nSPS) is 15.8. The summed E-state index contributed by atoms with van der Waals surface area (Å²) in [6.07, 6.45) is 0. The maximum atomic E-state index is 12.9. The van der Waals surface area contributed by atoms with E-state index in [9.17, 15) is 23.3 Å². The van der Waals surface area contributed by atoms with E-state index >= 15 is 0 Å². The number of nitrogens with one attached hydrogen (secondary N) is 1. The van der Waals surface area contributed by atoms with Crippen molar-refractivity contribution < 1.29 is 18.1 Å². The molecule has 0 bridgehead atoms. The zero-order valence-electron chi connectivity index (χ0n) is 16.2. The second-order valence-corrected chi connectivity index (χ2v) is 8.89. The Morgan fingerprint density at radius 3 is 2.45 bits per heavy atom. The maximum absolute atomic E-state index is 12.9. The van der Waals surface area contributed by atoms with E-state index in [4.69, 9.17) is 0 Å². The van der Waals surface area contributed by atoms with Crippen LogP contribution >= 0.6 is 0 Å². The number of carbonyl (C=O) groups excluding carboxylic acids is 1. The summed E-state index contributed by atoms with van der Waals surface area (Å²) in [5.41, 5.74) is 0.797. The molecule has 0 spiro atoms. The van der Waals surface area contributed by atoms with E-state index in [0.29, 0.717) is 31.7 Å². The Kier molecular flexibility index (Phi) is 5.96. The van der Waals surface area contributed by atoms with Crippen LogP contribution in [0.3, 0.4) is 0 Å². The smallest absolute Gasteiger partial charge is 0.274 e. The van der Waals surface area contributed by atoms with Crippen molar-refractivity contribution in [3.8, 4) is 0 Å². The van der Waals surface area contributed by atoms with Gasteiger partial charge in [0.1, 0.15) is 0 Å². The summed E-state index contributed by atoms with van der Waals surface area (Å²) in [6, 6.07) is 10.2. The van der Waals surface area contributed by atoms with Crippen molar-refractivity contribution in [3.63, 3.8) is 0 Å². The third-order valence-corrected chi connectivity index (χ3v) is 6.75. The molecule has 1 fully saturated rings. The lowest BCUT2D eigenvalue weighted by Gasteiger charge is -2.31. The monoisotopic (exact) mass is 418 g/mol. The van der Waals surface area contributed by atoms with E-state index in [1.165, 1.54) is 34.6 Å². The number of likely N-dealkylation sites (N-methyl/N-ethyl adjacent to an activating group) is 1. The number of nitrogens with zero attached hydrogens (tertiary/aromatic N) is 3. The molecule has 1 saturated heterocycles. The summed E-state index contributed by atoms with van der Waals surface area (Å²) in [7, 11) is -1.77. The SMILES string of the molecule is Cc1ccc(NC(=O)c2cccc(S(=O)(=O)N3CCN(C)CC3)c2)cc1[N+](=O)[O-]. The van der Waals surface area contributed by atoms with Gasteiger partial charge in [-0.15, -0.1) is 0 Å². The fraction of sp³-hybridized carbons (Fsp3) is 0.316. The minimum atomic E-state index is -3.70. The maximum Gasteiger partial charge on any atom is 0.274 e. The van der Waals surface area contributed by atoms with Crippen molar-refractivity contribution in [2.45, 2.75) is 11.8 Å². The summed E-state index contributed by atoms with van der Waals surface area (Å²) in [5, 5.41) is 13.7. The number of anilines is 1. The number of nitro groups is 1. The molecule has 2 aromatic rings. The Hall–Kier alpha value is -2.82. The van der Waals surface area contributed by atoms with Gasteiger partial charge in [-0.3, -0.25) is 14.9 Å². The van der Waals surface area contributed by atoms with Crippen LogP contribution in [0.25, 0.3) is 0 Å². The van der Waals surface area contributed by atoms with Gasteiger partial charge in [0.25, 0.3) is 11.6 Å². The number of rotatable bonds is 5. The van der Waals surface area contributed by atoms with Gasteiger partial charge in [0.05, 0.1) is 9.82 Å². The number of aryl methyl sites for hydroxylation is 1. The van der Waals surface area contributed by atoms with Gasteiger partial charge in [0.15, 0.2) is 0 Å². The lowest BCUT2D eigenvalue weighted by molar-refractivity contribution is -0.385. The number of benzene rings is 2. The molecule has 0 atom stereocenters. The van der Waals surface area contributed by atoms with Crippen LogP contribution < -0.4 is 5.32 Å². The highest BCUT2D eigenvalue weighted by Crippen LogP contribution is 2.23.